The number of ketones is 1. The topological polar surface area (TPSA) is 69.1 Å². The second kappa shape index (κ2) is 9.11. The number of carbonyl (C=O) groups excluding carboxylic acids is 1. The van der Waals surface area contributed by atoms with Crippen LogP contribution in [0.1, 0.15) is 21.5 Å². The Bertz CT molecular complexity index is 1910. The summed E-state index contributed by atoms with van der Waals surface area (Å²) in [7, 11) is 1.60. The molecule has 190 valence electrons. The normalized spacial score (nSPS) is 12.4. The number of aliphatic hydroxyl groups is 1. The molecule has 6 nitrogen and oxygen atoms in total. The number of hydrogen-bond acceptors (Lipinski definition) is 5. The van der Waals surface area contributed by atoms with E-state index in [-0.39, 0.29) is 19.2 Å². The largest absolute Gasteiger partial charge is 0.495 e. The summed E-state index contributed by atoms with van der Waals surface area (Å²) >= 11 is 0. The van der Waals surface area contributed by atoms with Crippen LogP contribution >= 0.6 is 0 Å². The fourth-order valence-electron chi connectivity index (χ4n) is 5.48. The molecule has 1 aliphatic rings. The molecule has 6 aromatic rings. The van der Waals surface area contributed by atoms with Crippen LogP contribution < -0.4 is 18.6 Å². The monoisotopic (exact) mass is 514 g/mol. The highest BCUT2D eigenvalue weighted by molar-refractivity contribution is 6.21. The Labute approximate surface area is 224 Å². The molecule has 0 bridgehead atoms. The van der Waals surface area contributed by atoms with Gasteiger partial charge in [-0.05, 0) is 22.6 Å². The minimum atomic E-state index is -0.120. The molecule has 39 heavy (non-hydrogen) atoms. The second-order valence-electron chi connectivity index (χ2n) is 9.52. The SMILES string of the molecule is COc1c(CO)ccc2cc3c4c(C(=O)c5ccc(-c6ccccc6)cc5)cc5c(c4cc[n+]3cc12)OCO5. The third-order valence-electron chi connectivity index (χ3n) is 7.38. The van der Waals surface area contributed by atoms with Crippen molar-refractivity contribution in [1.29, 1.82) is 0 Å². The fourth-order valence-corrected chi connectivity index (χ4v) is 5.48. The smallest absolute Gasteiger partial charge is 0.231 e. The van der Waals surface area contributed by atoms with E-state index in [4.69, 9.17) is 14.2 Å². The van der Waals surface area contributed by atoms with Gasteiger partial charge in [0.05, 0.1) is 24.5 Å². The summed E-state index contributed by atoms with van der Waals surface area (Å²) in [5.41, 5.74) is 4.83. The first-order valence-corrected chi connectivity index (χ1v) is 12.7. The maximum absolute atomic E-state index is 14.0. The van der Waals surface area contributed by atoms with Crippen molar-refractivity contribution >= 4 is 32.8 Å². The number of fused-ring (bicyclic) bond motifs is 6. The first-order chi connectivity index (χ1) is 19.2. The predicted molar refractivity (Wildman–Crippen MR) is 149 cm³/mol. The van der Waals surface area contributed by atoms with E-state index >= 15 is 0 Å². The van der Waals surface area contributed by atoms with Crippen LogP contribution in [0, 0.1) is 0 Å². The van der Waals surface area contributed by atoms with E-state index < -0.39 is 0 Å². The molecular formula is C33H24NO5+. The molecule has 0 fully saturated rings. The number of carbonyl (C=O) groups is 1. The standard InChI is InChI=1S/C33H24NO5/c1-37-32-24(18-35)12-11-23-15-28-30-25(13-14-34(28)17-27(23)32)33-29(38-19-39-33)16-26(30)31(36)22-9-7-21(8-10-22)20-5-3-2-4-6-20/h2-17,35H,18-19H2,1H3/q+1. The summed E-state index contributed by atoms with van der Waals surface area (Å²) in [6.07, 6.45) is 3.91. The highest BCUT2D eigenvalue weighted by Crippen LogP contribution is 2.43. The van der Waals surface area contributed by atoms with Crippen molar-refractivity contribution in [1.82, 2.24) is 0 Å². The van der Waals surface area contributed by atoms with Crippen LogP contribution in [-0.4, -0.2) is 24.8 Å². The molecule has 3 heterocycles. The van der Waals surface area contributed by atoms with Crippen LogP contribution in [-0.2, 0) is 6.61 Å². The Balaban J connectivity index is 1.45. The Morgan fingerprint density at radius 3 is 2.49 bits per heavy atom. The van der Waals surface area contributed by atoms with Gasteiger partial charge < -0.3 is 19.3 Å². The molecule has 0 saturated heterocycles. The number of nitrogens with zero attached hydrogens (tertiary/aromatic N) is 1. The zero-order valence-electron chi connectivity index (χ0n) is 21.2. The summed E-state index contributed by atoms with van der Waals surface area (Å²) in [5, 5.41) is 13.2. The lowest BCUT2D eigenvalue weighted by atomic mass is 9.94. The van der Waals surface area contributed by atoms with Gasteiger partial charge in [-0.15, -0.1) is 0 Å². The molecule has 0 atom stereocenters. The van der Waals surface area contributed by atoms with Crippen molar-refractivity contribution in [2.24, 2.45) is 0 Å². The predicted octanol–water partition coefficient (Wildman–Crippen LogP) is 5.86. The number of benzene rings is 4. The second-order valence-corrected chi connectivity index (χ2v) is 9.52. The van der Waals surface area contributed by atoms with E-state index in [0.717, 1.165) is 38.2 Å². The van der Waals surface area contributed by atoms with Crippen LogP contribution in [0.5, 0.6) is 17.2 Å². The highest BCUT2D eigenvalue weighted by atomic mass is 16.7. The number of aromatic nitrogens is 1. The maximum atomic E-state index is 14.0. The van der Waals surface area contributed by atoms with Gasteiger partial charge in [-0.25, -0.2) is 0 Å². The zero-order chi connectivity index (χ0) is 26.5. The lowest BCUT2D eigenvalue weighted by molar-refractivity contribution is -0.509. The van der Waals surface area contributed by atoms with E-state index in [1.54, 1.807) is 13.2 Å². The Morgan fingerprint density at radius 2 is 1.72 bits per heavy atom. The Hall–Kier alpha value is -4.94. The van der Waals surface area contributed by atoms with Crippen molar-refractivity contribution in [3.63, 3.8) is 0 Å². The van der Waals surface area contributed by atoms with Crippen molar-refractivity contribution in [2.45, 2.75) is 6.61 Å². The number of aliphatic hydroxyl groups excluding tert-OH is 1. The molecule has 1 N–H and O–H groups in total. The molecule has 7 rings (SSSR count). The lowest BCUT2D eigenvalue weighted by Crippen LogP contribution is -2.21. The number of hydrogen-bond donors (Lipinski definition) is 1. The molecule has 0 saturated carbocycles. The van der Waals surface area contributed by atoms with Gasteiger partial charge in [0.15, 0.2) is 29.7 Å². The van der Waals surface area contributed by atoms with E-state index in [0.29, 0.717) is 33.9 Å². The number of methoxy groups -OCH3 is 1. The van der Waals surface area contributed by atoms with E-state index in [9.17, 15) is 9.90 Å². The molecule has 0 radical (unpaired) electrons. The first kappa shape index (κ1) is 23.2. The average Bonchev–Trinajstić information content (AvgIpc) is 3.48. The first-order valence-electron chi connectivity index (χ1n) is 12.7. The molecular weight excluding hydrogens is 490 g/mol. The quantitative estimate of drug-likeness (QED) is 0.135. The van der Waals surface area contributed by atoms with Crippen LogP contribution in [0.2, 0.25) is 0 Å². The zero-order valence-corrected chi connectivity index (χ0v) is 21.2. The van der Waals surface area contributed by atoms with Crippen LogP contribution in [0.25, 0.3) is 38.2 Å². The summed E-state index contributed by atoms with van der Waals surface area (Å²) < 4.78 is 19.2. The minimum Gasteiger partial charge on any atom is -0.495 e. The molecule has 2 aromatic heterocycles. The van der Waals surface area contributed by atoms with Crippen LogP contribution in [0.4, 0.5) is 0 Å². The highest BCUT2D eigenvalue weighted by Gasteiger charge is 2.27. The Kier molecular flexibility index (Phi) is 5.42. The molecule has 0 spiro atoms. The summed E-state index contributed by atoms with van der Waals surface area (Å²) in [4.78, 5) is 14.0. The van der Waals surface area contributed by atoms with E-state index in [1.165, 1.54) is 0 Å². The molecule has 1 aliphatic heterocycles. The van der Waals surface area contributed by atoms with Gasteiger partial charge in [0, 0.05) is 34.2 Å². The van der Waals surface area contributed by atoms with E-state index in [2.05, 4.69) is 0 Å². The lowest BCUT2D eigenvalue weighted by Gasteiger charge is -2.12. The third kappa shape index (κ3) is 3.68. The van der Waals surface area contributed by atoms with Gasteiger partial charge in [-0.2, -0.15) is 4.40 Å². The van der Waals surface area contributed by atoms with Crippen molar-refractivity contribution < 1.29 is 28.5 Å². The average molecular weight is 515 g/mol. The van der Waals surface area contributed by atoms with Gasteiger partial charge in [-0.1, -0.05) is 66.7 Å². The minimum absolute atomic E-state index is 0.0979. The van der Waals surface area contributed by atoms with Gasteiger partial charge >= 0.3 is 0 Å². The van der Waals surface area contributed by atoms with Crippen molar-refractivity contribution in [3.8, 4) is 28.4 Å². The summed E-state index contributed by atoms with van der Waals surface area (Å²) in [6, 6.07) is 27.4. The van der Waals surface area contributed by atoms with Gasteiger partial charge in [0.25, 0.3) is 0 Å². The van der Waals surface area contributed by atoms with Crippen LogP contribution in [0.15, 0.2) is 97.3 Å². The third-order valence-corrected chi connectivity index (χ3v) is 7.38. The van der Waals surface area contributed by atoms with Gasteiger partial charge in [-0.3, -0.25) is 4.79 Å². The fraction of sp³-hybridized carbons (Fsp3) is 0.0909. The van der Waals surface area contributed by atoms with Gasteiger partial charge in [0.2, 0.25) is 12.3 Å². The van der Waals surface area contributed by atoms with Crippen LogP contribution in [0.3, 0.4) is 0 Å². The molecule has 0 unspecified atom stereocenters. The van der Waals surface area contributed by atoms with E-state index in [1.807, 2.05) is 95.7 Å². The maximum Gasteiger partial charge on any atom is 0.231 e. The number of rotatable bonds is 5. The Morgan fingerprint density at radius 1 is 0.923 bits per heavy atom. The number of pyridine rings is 2. The molecule has 0 aliphatic carbocycles. The number of ether oxygens (including phenoxy) is 3. The van der Waals surface area contributed by atoms with Crippen molar-refractivity contribution in [3.05, 3.63) is 114 Å². The molecule has 6 heteroatoms. The molecule has 0 amide bonds. The summed E-state index contributed by atoms with van der Waals surface area (Å²) in [5.74, 6) is 1.73. The summed E-state index contributed by atoms with van der Waals surface area (Å²) in [6.45, 7) is -0.0113. The molecule has 4 aromatic carbocycles. The van der Waals surface area contributed by atoms with Crippen molar-refractivity contribution in [2.75, 3.05) is 13.9 Å². The van der Waals surface area contributed by atoms with Gasteiger partial charge in [0.1, 0.15) is 5.75 Å².